The molecule has 0 atom stereocenters. The summed E-state index contributed by atoms with van der Waals surface area (Å²) in [4.78, 5) is 26.9. The first-order chi connectivity index (χ1) is 14.3. The van der Waals surface area contributed by atoms with Gasteiger partial charge in [-0.1, -0.05) is 12.1 Å². The van der Waals surface area contributed by atoms with E-state index in [9.17, 15) is 4.79 Å². The molecule has 1 aromatic carbocycles. The standard InChI is InChI=1S/C20H20N8O/c29-20(13-5-6-18(22-12-13)28-9-7-21-8-10-28)25-17-11-16(26-27-17)19-23-14-3-1-2-4-15(14)24-19/h1-6,11-12,21H,7-10H2,(H,23,24)(H2,25,26,27,29). The van der Waals surface area contributed by atoms with Crippen molar-refractivity contribution in [3.8, 4) is 11.5 Å². The molecular weight excluding hydrogens is 368 g/mol. The van der Waals surface area contributed by atoms with Gasteiger partial charge in [-0.2, -0.15) is 5.10 Å². The average molecular weight is 388 g/mol. The third-order valence-corrected chi connectivity index (χ3v) is 4.92. The first-order valence-electron chi connectivity index (χ1n) is 9.50. The van der Waals surface area contributed by atoms with E-state index >= 15 is 0 Å². The van der Waals surface area contributed by atoms with Gasteiger partial charge in [0.05, 0.1) is 16.6 Å². The van der Waals surface area contributed by atoms with Crippen molar-refractivity contribution in [1.29, 1.82) is 0 Å². The Hall–Kier alpha value is -3.72. The van der Waals surface area contributed by atoms with Crippen molar-refractivity contribution >= 4 is 28.6 Å². The minimum atomic E-state index is -0.257. The topological polar surface area (TPSA) is 115 Å². The highest BCUT2D eigenvalue weighted by Gasteiger charge is 2.14. The molecule has 5 rings (SSSR count). The number of para-hydroxylation sites is 2. The molecule has 1 saturated heterocycles. The van der Waals surface area contributed by atoms with Gasteiger partial charge in [-0.25, -0.2) is 9.97 Å². The number of fused-ring (bicyclic) bond motifs is 1. The van der Waals surface area contributed by atoms with Crippen LogP contribution >= 0.6 is 0 Å². The zero-order valence-electron chi connectivity index (χ0n) is 15.6. The molecule has 0 bridgehead atoms. The quantitative estimate of drug-likeness (QED) is 0.425. The number of nitrogens with one attached hydrogen (secondary N) is 4. The summed E-state index contributed by atoms with van der Waals surface area (Å²) >= 11 is 0. The van der Waals surface area contributed by atoms with Crippen LogP contribution in [0.3, 0.4) is 0 Å². The van der Waals surface area contributed by atoms with Gasteiger partial charge >= 0.3 is 0 Å². The van der Waals surface area contributed by atoms with Gasteiger partial charge in [-0.05, 0) is 24.3 Å². The fourth-order valence-corrected chi connectivity index (χ4v) is 3.38. The highest BCUT2D eigenvalue weighted by molar-refractivity contribution is 6.03. The van der Waals surface area contributed by atoms with Crippen LogP contribution in [0.2, 0.25) is 0 Å². The maximum Gasteiger partial charge on any atom is 0.258 e. The molecule has 0 aliphatic carbocycles. The maximum atomic E-state index is 12.5. The van der Waals surface area contributed by atoms with E-state index in [4.69, 9.17) is 0 Å². The molecule has 0 saturated carbocycles. The fraction of sp³-hybridized carbons (Fsp3) is 0.200. The van der Waals surface area contributed by atoms with E-state index in [0.717, 1.165) is 43.0 Å². The Morgan fingerprint density at radius 1 is 1.10 bits per heavy atom. The zero-order chi connectivity index (χ0) is 19.6. The average Bonchev–Trinajstić information content (AvgIpc) is 3.41. The van der Waals surface area contributed by atoms with Crippen molar-refractivity contribution in [1.82, 2.24) is 30.5 Å². The van der Waals surface area contributed by atoms with Crippen LogP contribution in [0.4, 0.5) is 11.6 Å². The van der Waals surface area contributed by atoms with E-state index in [1.807, 2.05) is 30.3 Å². The number of piperazine rings is 1. The lowest BCUT2D eigenvalue weighted by atomic mass is 10.2. The second kappa shape index (κ2) is 7.36. The summed E-state index contributed by atoms with van der Waals surface area (Å²) in [5.41, 5.74) is 3.00. The van der Waals surface area contributed by atoms with Crippen LogP contribution in [0.25, 0.3) is 22.6 Å². The lowest BCUT2D eigenvalue weighted by Crippen LogP contribution is -2.43. The minimum absolute atomic E-state index is 0.257. The number of amides is 1. The van der Waals surface area contributed by atoms with Crippen LogP contribution in [0.15, 0.2) is 48.7 Å². The van der Waals surface area contributed by atoms with E-state index in [1.54, 1.807) is 18.3 Å². The Morgan fingerprint density at radius 3 is 2.76 bits per heavy atom. The van der Waals surface area contributed by atoms with Crippen LogP contribution < -0.4 is 15.5 Å². The van der Waals surface area contributed by atoms with Crippen molar-refractivity contribution in [2.45, 2.75) is 0 Å². The minimum Gasteiger partial charge on any atom is -0.354 e. The summed E-state index contributed by atoms with van der Waals surface area (Å²) in [5.74, 6) is 1.72. The van der Waals surface area contributed by atoms with E-state index < -0.39 is 0 Å². The summed E-state index contributed by atoms with van der Waals surface area (Å²) in [7, 11) is 0. The van der Waals surface area contributed by atoms with E-state index in [-0.39, 0.29) is 5.91 Å². The van der Waals surface area contributed by atoms with Crippen LogP contribution in [-0.4, -0.2) is 57.2 Å². The molecule has 1 aliphatic heterocycles. The third-order valence-electron chi connectivity index (χ3n) is 4.92. The van der Waals surface area contributed by atoms with Gasteiger partial charge < -0.3 is 20.5 Å². The number of anilines is 2. The highest BCUT2D eigenvalue weighted by Crippen LogP contribution is 2.21. The molecule has 29 heavy (non-hydrogen) atoms. The van der Waals surface area contributed by atoms with Crippen molar-refractivity contribution in [3.05, 3.63) is 54.2 Å². The normalized spacial score (nSPS) is 14.3. The monoisotopic (exact) mass is 388 g/mol. The Kier molecular flexibility index (Phi) is 4.41. The molecule has 146 valence electrons. The number of hydrogen-bond acceptors (Lipinski definition) is 6. The molecule has 0 unspecified atom stereocenters. The largest absolute Gasteiger partial charge is 0.354 e. The van der Waals surface area contributed by atoms with Crippen molar-refractivity contribution < 1.29 is 4.79 Å². The van der Waals surface area contributed by atoms with Crippen molar-refractivity contribution in [2.75, 3.05) is 36.4 Å². The lowest BCUT2D eigenvalue weighted by molar-refractivity contribution is 0.102. The van der Waals surface area contributed by atoms with Crippen molar-refractivity contribution in [3.63, 3.8) is 0 Å². The van der Waals surface area contributed by atoms with E-state index in [2.05, 4.69) is 40.7 Å². The summed E-state index contributed by atoms with van der Waals surface area (Å²) in [5, 5.41) is 13.2. The van der Waals surface area contributed by atoms with Crippen LogP contribution in [0, 0.1) is 0 Å². The molecule has 0 radical (unpaired) electrons. The number of aromatic nitrogens is 5. The Balaban J connectivity index is 1.28. The second-order valence-corrected chi connectivity index (χ2v) is 6.87. The van der Waals surface area contributed by atoms with Crippen molar-refractivity contribution in [2.24, 2.45) is 0 Å². The summed E-state index contributed by atoms with van der Waals surface area (Å²) in [6.45, 7) is 3.71. The zero-order valence-corrected chi connectivity index (χ0v) is 15.6. The number of pyridine rings is 1. The molecule has 1 fully saturated rings. The predicted molar refractivity (Wildman–Crippen MR) is 111 cm³/mol. The number of carbonyl (C=O) groups is 1. The number of imidazole rings is 1. The summed E-state index contributed by atoms with van der Waals surface area (Å²) < 4.78 is 0. The number of H-pyrrole nitrogens is 2. The highest BCUT2D eigenvalue weighted by atomic mass is 16.1. The molecule has 4 heterocycles. The molecule has 1 aliphatic rings. The van der Waals surface area contributed by atoms with Gasteiger partial charge in [-0.3, -0.25) is 9.89 Å². The number of rotatable bonds is 4. The van der Waals surface area contributed by atoms with Gasteiger partial charge in [0.25, 0.3) is 5.91 Å². The Labute approximate surface area is 166 Å². The fourth-order valence-electron chi connectivity index (χ4n) is 3.38. The maximum absolute atomic E-state index is 12.5. The molecule has 1 amide bonds. The number of carbonyl (C=O) groups excluding carboxylic acids is 1. The Morgan fingerprint density at radius 2 is 1.97 bits per heavy atom. The van der Waals surface area contributed by atoms with Gasteiger partial charge in [-0.15, -0.1) is 0 Å². The van der Waals surface area contributed by atoms with Crippen LogP contribution in [0.1, 0.15) is 10.4 Å². The van der Waals surface area contributed by atoms with Gasteiger partial charge in [0.2, 0.25) is 0 Å². The number of hydrogen-bond donors (Lipinski definition) is 4. The van der Waals surface area contributed by atoms with E-state index in [1.165, 1.54) is 0 Å². The Bertz CT molecular complexity index is 1110. The first-order valence-corrected chi connectivity index (χ1v) is 9.50. The summed E-state index contributed by atoms with van der Waals surface area (Å²) in [6.07, 6.45) is 1.60. The predicted octanol–water partition coefficient (Wildman–Crippen LogP) is 2.01. The second-order valence-electron chi connectivity index (χ2n) is 6.87. The smallest absolute Gasteiger partial charge is 0.258 e. The summed E-state index contributed by atoms with van der Waals surface area (Å²) in [6, 6.07) is 13.2. The molecule has 4 aromatic rings. The number of aromatic amines is 2. The van der Waals surface area contributed by atoms with Gasteiger partial charge in [0, 0.05) is 38.4 Å². The van der Waals surface area contributed by atoms with Gasteiger partial charge in [0.1, 0.15) is 11.5 Å². The van der Waals surface area contributed by atoms with Crippen LogP contribution in [0.5, 0.6) is 0 Å². The molecule has 9 nitrogen and oxygen atoms in total. The first kappa shape index (κ1) is 17.4. The number of nitrogens with zero attached hydrogens (tertiary/aromatic N) is 4. The van der Waals surface area contributed by atoms with E-state index in [0.29, 0.717) is 22.9 Å². The molecule has 3 aromatic heterocycles. The molecular formula is C20H20N8O. The molecule has 9 heteroatoms. The molecule has 0 spiro atoms. The van der Waals surface area contributed by atoms with Crippen LogP contribution in [-0.2, 0) is 0 Å². The lowest BCUT2D eigenvalue weighted by Gasteiger charge is -2.28. The van der Waals surface area contributed by atoms with Gasteiger partial charge in [0.15, 0.2) is 11.6 Å². The SMILES string of the molecule is O=C(Nc1cc(-c2nc3ccccc3[nH]2)[nH]n1)c1ccc(N2CCNCC2)nc1. The number of benzene rings is 1. The third kappa shape index (κ3) is 3.55. The molecule has 4 N–H and O–H groups in total.